The van der Waals surface area contributed by atoms with Gasteiger partial charge in [0.25, 0.3) is 0 Å². The molecule has 0 unspecified atom stereocenters. The number of alkyl halides is 1. The number of nitrogens with zero attached hydrogens (tertiary/aromatic N) is 5. The third kappa shape index (κ3) is 3.36. The molecule has 0 spiro atoms. The Morgan fingerprint density at radius 1 is 1.29 bits per heavy atom. The zero-order valence-corrected chi connectivity index (χ0v) is 14.2. The van der Waals surface area contributed by atoms with E-state index in [0.717, 1.165) is 18.9 Å². The first-order valence-corrected chi connectivity index (χ1v) is 8.19. The van der Waals surface area contributed by atoms with Crippen molar-refractivity contribution in [2.24, 2.45) is 0 Å². The van der Waals surface area contributed by atoms with Crippen molar-refractivity contribution < 1.29 is 9.18 Å². The molecule has 1 saturated heterocycles. The molecule has 0 radical (unpaired) electrons. The summed E-state index contributed by atoms with van der Waals surface area (Å²) in [6.07, 6.45) is 1.76. The Kier molecular flexibility index (Phi) is 4.99. The number of pyridine rings is 1. The van der Waals surface area contributed by atoms with Crippen molar-refractivity contribution in [2.45, 2.75) is 20.1 Å². The molecule has 2 aromatic rings. The van der Waals surface area contributed by atoms with Crippen molar-refractivity contribution in [3.8, 4) is 0 Å². The monoisotopic (exact) mass is 351 g/mol. The average Bonchev–Trinajstić information content (AvgIpc) is 2.90. The number of carbonyl (C=O) groups excluding carboxylic acids is 1. The summed E-state index contributed by atoms with van der Waals surface area (Å²) < 4.78 is 14.3. The summed E-state index contributed by atoms with van der Waals surface area (Å²) in [5.74, 6) is 0.884. The fraction of sp³-hybridized carbons (Fsp3) is 0.438. The Labute approximate surface area is 144 Å². The summed E-state index contributed by atoms with van der Waals surface area (Å²) in [5, 5.41) is 4.36. The summed E-state index contributed by atoms with van der Waals surface area (Å²) in [4.78, 5) is 20.7. The third-order valence-electron chi connectivity index (χ3n) is 4.22. The molecular formula is C16H19ClFN5O. The number of aromatic nitrogens is 3. The van der Waals surface area contributed by atoms with Crippen LogP contribution in [0.25, 0.3) is 0 Å². The van der Waals surface area contributed by atoms with Crippen LogP contribution in [0.4, 0.5) is 10.2 Å². The minimum Gasteiger partial charge on any atom is -0.353 e. The van der Waals surface area contributed by atoms with Crippen LogP contribution in [0.2, 0.25) is 5.02 Å². The molecule has 3 rings (SSSR count). The number of rotatable bonds is 4. The van der Waals surface area contributed by atoms with Crippen molar-refractivity contribution in [3.63, 3.8) is 0 Å². The first kappa shape index (κ1) is 16.7. The maximum absolute atomic E-state index is 12.8. The maximum Gasteiger partial charge on any atom is 0.244 e. The molecule has 1 fully saturated rings. The van der Waals surface area contributed by atoms with Crippen LogP contribution >= 0.6 is 11.6 Å². The van der Waals surface area contributed by atoms with Crippen LogP contribution in [0.1, 0.15) is 11.4 Å². The van der Waals surface area contributed by atoms with E-state index in [9.17, 15) is 9.18 Å². The van der Waals surface area contributed by atoms with Gasteiger partial charge in [0, 0.05) is 32.4 Å². The summed E-state index contributed by atoms with van der Waals surface area (Å²) in [7, 11) is 0. The first-order chi connectivity index (χ1) is 11.6. The van der Waals surface area contributed by atoms with Crippen LogP contribution in [0, 0.1) is 6.92 Å². The van der Waals surface area contributed by atoms with E-state index in [1.165, 1.54) is 4.68 Å². The van der Waals surface area contributed by atoms with E-state index in [-0.39, 0.29) is 18.1 Å². The highest BCUT2D eigenvalue weighted by Crippen LogP contribution is 2.21. The molecule has 1 aliphatic rings. The SMILES string of the molecule is Cc1c(Cl)c(CF)nn1CC(=O)N1CCN(c2ccccn2)CC1. The Balaban J connectivity index is 1.60. The lowest BCUT2D eigenvalue weighted by Crippen LogP contribution is -2.50. The van der Waals surface area contributed by atoms with Crippen LogP contribution in [-0.4, -0.2) is 51.8 Å². The predicted molar refractivity (Wildman–Crippen MR) is 89.8 cm³/mol. The molecule has 1 amide bonds. The van der Waals surface area contributed by atoms with Crippen molar-refractivity contribution in [3.05, 3.63) is 40.8 Å². The molecule has 8 heteroatoms. The molecule has 0 N–H and O–H groups in total. The van der Waals surface area contributed by atoms with Crippen LogP contribution in [0.5, 0.6) is 0 Å². The minimum atomic E-state index is -0.733. The molecule has 0 saturated carbocycles. The van der Waals surface area contributed by atoms with Gasteiger partial charge in [-0.3, -0.25) is 9.48 Å². The largest absolute Gasteiger partial charge is 0.353 e. The van der Waals surface area contributed by atoms with Gasteiger partial charge in [0.05, 0.1) is 10.7 Å². The predicted octanol–water partition coefficient (Wildman–Crippen LogP) is 2.06. The Hall–Kier alpha value is -2.15. The summed E-state index contributed by atoms with van der Waals surface area (Å²) in [5.41, 5.74) is 0.798. The number of halogens is 2. The molecule has 24 heavy (non-hydrogen) atoms. The summed E-state index contributed by atoms with van der Waals surface area (Å²) >= 11 is 6.01. The maximum atomic E-state index is 12.8. The highest BCUT2D eigenvalue weighted by Gasteiger charge is 2.23. The van der Waals surface area contributed by atoms with Gasteiger partial charge < -0.3 is 9.80 Å². The summed E-state index contributed by atoms with van der Waals surface area (Å²) in [6, 6.07) is 5.80. The van der Waals surface area contributed by atoms with Gasteiger partial charge in [0.2, 0.25) is 5.91 Å². The smallest absolute Gasteiger partial charge is 0.244 e. The van der Waals surface area contributed by atoms with Gasteiger partial charge in [-0.2, -0.15) is 5.10 Å². The molecule has 0 atom stereocenters. The minimum absolute atomic E-state index is 0.0386. The van der Waals surface area contributed by atoms with Crippen molar-refractivity contribution in [2.75, 3.05) is 31.1 Å². The highest BCUT2D eigenvalue weighted by atomic mass is 35.5. The van der Waals surface area contributed by atoms with E-state index < -0.39 is 6.67 Å². The molecule has 0 bridgehead atoms. The van der Waals surface area contributed by atoms with Crippen LogP contribution < -0.4 is 4.90 Å². The number of anilines is 1. The molecule has 3 heterocycles. The van der Waals surface area contributed by atoms with Gasteiger partial charge in [-0.1, -0.05) is 17.7 Å². The number of carbonyl (C=O) groups is 1. The normalized spacial score (nSPS) is 15.0. The van der Waals surface area contributed by atoms with E-state index in [4.69, 9.17) is 11.6 Å². The molecule has 0 aromatic carbocycles. The second-order valence-corrected chi connectivity index (χ2v) is 6.07. The van der Waals surface area contributed by atoms with E-state index in [2.05, 4.69) is 15.0 Å². The quantitative estimate of drug-likeness (QED) is 0.846. The van der Waals surface area contributed by atoms with Crippen molar-refractivity contribution in [1.82, 2.24) is 19.7 Å². The van der Waals surface area contributed by atoms with Crippen LogP contribution in [0.15, 0.2) is 24.4 Å². The topological polar surface area (TPSA) is 54.3 Å². The van der Waals surface area contributed by atoms with E-state index in [0.29, 0.717) is 23.8 Å². The molecule has 128 valence electrons. The fourth-order valence-corrected chi connectivity index (χ4v) is 2.97. The Morgan fingerprint density at radius 2 is 2.04 bits per heavy atom. The lowest BCUT2D eigenvalue weighted by molar-refractivity contribution is -0.132. The Bertz CT molecular complexity index is 713. The lowest BCUT2D eigenvalue weighted by Gasteiger charge is -2.35. The number of piperazine rings is 1. The zero-order chi connectivity index (χ0) is 17.1. The molecule has 6 nitrogen and oxygen atoms in total. The highest BCUT2D eigenvalue weighted by molar-refractivity contribution is 6.31. The second-order valence-electron chi connectivity index (χ2n) is 5.69. The number of amides is 1. The number of hydrogen-bond donors (Lipinski definition) is 0. The number of hydrogen-bond acceptors (Lipinski definition) is 4. The van der Waals surface area contributed by atoms with Crippen LogP contribution in [-0.2, 0) is 18.0 Å². The Morgan fingerprint density at radius 3 is 2.62 bits per heavy atom. The molecular weight excluding hydrogens is 333 g/mol. The van der Waals surface area contributed by atoms with Gasteiger partial charge >= 0.3 is 0 Å². The van der Waals surface area contributed by atoms with Gasteiger partial charge in [0.1, 0.15) is 24.7 Å². The summed E-state index contributed by atoms with van der Waals surface area (Å²) in [6.45, 7) is 3.80. The molecule has 1 aliphatic heterocycles. The van der Waals surface area contributed by atoms with Crippen molar-refractivity contribution in [1.29, 1.82) is 0 Å². The van der Waals surface area contributed by atoms with Gasteiger partial charge in [-0.05, 0) is 19.1 Å². The van der Waals surface area contributed by atoms with E-state index in [1.807, 2.05) is 18.2 Å². The first-order valence-electron chi connectivity index (χ1n) is 7.81. The van der Waals surface area contributed by atoms with Crippen molar-refractivity contribution >= 4 is 23.3 Å². The lowest BCUT2D eigenvalue weighted by atomic mass is 10.3. The van der Waals surface area contributed by atoms with E-state index in [1.54, 1.807) is 18.0 Å². The standard InChI is InChI=1S/C16H19ClFN5O/c1-12-16(17)13(10-18)20-23(12)11-15(24)22-8-6-21(7-9-22)14-4-2-3-5-19-14/h2-5H,6-11H2,1H3. The van der Waals surface area contributed by atoms with Gasteiger partial charge in [0.15, 0.2) is 0 Å². The van der Waals surface area contributed by atoms with Gasteiger partial charge in [-0.15, -0.1) is 0 Å². The van der Waals surface area contributed by atoms with Gasteiger partial charge in [-0.25, -0.2) is 9.37 Å². The third-order valence-corrected chi connectivity index (χ3v) is 4.71. The molecule has 2 aromatic heterocycles. The average molecular weight is 352 g/mol. The zero-order valence-electron chi connectivity index (χ0n) is 13.5. The molecule has 0 aliphatic carbocycles. The van der Waals surface area contributed by atoms with Crippen LogP contribution in [0.3, 0.4) is 0 Å². The fourth-order valence-electron chi connectivity index (χ4n) is 2.78. The second kappa shape index (κ2) is 7.17. The van der Waals surface area contributed by atoms with E-state index >= 15 is 0 Å².